The van der Waals surface area contributed by atoms with Gasteiger partial charge in [0.05, 0.1) is 11.3 Å². The summed E-state index contributed by atoms with van der Waals surface area (Å²) in [4.78, 5) is 27.7. The van der Waals surface area contributed by atoms with Gasteiger partial charge in [0.15, 0.2) is 0 Å². The number of hydrogen-bond donors (Lipinski definition) is 3. The van der Waals surface area contributed by atoms with E-state index in [1.165, 1.54) is 0 Å². The highest BCUT2D eigenvalue weighted by Crippen LogP contribution is 2.30. The van der Waals surface area contributed by atoms with Gasteiger partial charge in [-0.2, -0.15) is 0 Å². The van der Waals surface area contributed by atoms with E-state index in [9.17, 15) is 9.59 Å². The van der Waals surface area contributed by atoms with E-state index in [0.29, 0.717) is 22.9 Å². The van der Waals surface area contributed by atoms with Gasteiger partial charge in [-0.3, -0.25) is 4.79 Å². The average Bonchev–Trinajstić information content (AvgIpc) is 3.54. The Morgan fingerprint density at radius 2 is 1.73 bits per heavy atom. The summed E-state index contributed by atoms with van der Waals surface area (Å²) in [5, 5.41) is 8.76. The van der Waals surface area contributed by atoms with E-state index in [1.807, 2.05) is 36.4 Å². The maximum Gasteiger partial charge on any atom is 0.323 e. The number of carbonyl (C=O) groups is 2. The number of halogens is 1. The number of urea groups is 1. The van der Waals surface area contributed by atoms with Crippen molar-refractivity contribution in [3.05, 3.63) is 52.5 Å². The third-order valence-electron chi connectivity index (χ3n) is 5.66. The molecule has 4 rings (SSSR count). The van der Waals surface area contributed by atoms with Crippen molar-refractivity contribution in [2.75, 3.05) is 28.6 Å². The summed E-state index contributed by atoms with van der Waals surface area (Å²) in [6, 6.07) is 12.9. The highest BCUT2D eigenvalue weighted by atomic mass is 79.9. The number of nitrogens with zero attached hydrogens (tertiary/aromatic N) is 1. The Kier molecular flexibility index (Phi) is 6.27. The molecule has 1 saturated carbocycles. The van der Waals surface area contributed by atoms with Crippen LogP contribution in [0.1, 0.15) is 43.0 Å². The molecule has 1 aliphatic heterocycles. The van der Waals surface area contributed by atoms with Crippen molar-refractivity contribution in [1.29, 1.82) is 0 Å². The van der Waals surface area contributed by atoms with Gasteiger partial charge in [-0.15, -0.1) is 0 Å². The fourth-order valence-electron chi connectivity index (χ4n) is 3.66. The topological polar surface area (TPSA) is 73.5 Å². The minimum Gasteiger partial charge on any atom is -0.371 e. The van der Waals surface area contributed by atoms with Gasteiger partial charge in [0, 0.05) is 35.0 Å². The zero-order valence-corrected chi connectivity index (χ0v) is 18.7. The van der Waals surface area contributed by atoms with Gasteiger partial charge in [0.25, 0.3) is 5.91 Å². The lowest BCUT2D eigenvalue weighted by Crippen LogP contribution is -2.35. The molecule has 0 atom stereocenters. The Hall–Kier alpha value is -2.54. The molecule has 0 bridgehead atoms. The minimum absolute atomic E-state index is 0.0685. The summed E-state index contributed by atoms with van der Waals surface area (Å²) < 4.78 is 0.805. The summed E-state index contributed by atoms with van der Waals surface area (Å²) in [5.41, 5.74) is 2.84. The molecule has 0 spiro atoms. The van der Waals surface area contributed by atoms with E-state index in [2.05, 4.69) is 43.7 Å². The van der Waals surface area contributed by atoms with Crippen molar-refractivity contribution in [3.63, 3.8) is 0 Å². The molecule has 7 heteroatoms. The maximum absolute atomic E-state index is 12.9. The number of piperidine rings is 1. The molecular weight excluding hydrogens is 444 g/mol. The van der Waals surface area contributed by atoms with E-state index in [4.69, 9.17) is 0 Å². The summed E-state index contributed by atoms with van der Waals surface area (Å²) in [6.45, 7) is 4.16. The lowest BCUT2D eigenvalue weighted by Gasteiger charge is -2.33. The summed E-state index contributed by atoms with van der Waals surface area (Å²) >= 11 is 3.43. The van der Waals surface area contributed by atoms with E-state index < -0.39 is 0 Å². The first-order chi connectivity index (χ1) is 14.5. The zero-order valence-electron chi connectivity index (χ0n) is 17.1. The van der Waals surface area contributed by atoms with Crippen LogP contribution in [-0.2, 0) is 0 Å². The normalized spacial score (nSPS) is 16.8. The first kappa shape index (κ1) is 20.7. The molecule has 2 fully saturated rings. The standard InChI is InChI=1S/C23H27BrN4O2/c1-15-10-12-28(13-11-15)21-9-8-17(14-18(21)22(29)25-16-6-7-16)26-23(30)27-20-5-3-2-4-19(20)24/h2-5,8-9,14-16H,6-7,10-13H2,1H3,(H,25,29)(H2,26,27,30). The third kappa shape index (κ3) is 5.14. The monoisotopic (exact) mass is 470 g/mol. The van der Waals surface area contributed by atoms with Gasteiger partial charge in [-0.1, -0.05) is 19.1 Å². The minimum atomic E-state index is -0.352. The van der Waals surface area contributed by atoms with Gasteiger partial charge in [0.2, 0.25) is 0 Å². The quantitative estimate of drug-likeness (QED) is 0.560. The van der Waals surface area contributed by atoms with Crippen LogP contribution < -0.4 is 20.9 Å². The number of hydrogen-bond acceptors (Lipinski definition) is 3. The predicted molar refractivity (Wildman–Crippen MR) is 124 cm³/mol. The molecule has 0 radical (unpaired) electrons. The van der Waals surface area contributed by atoms with Gasteiger partial charge in [-0.05, 0) is 77.9 Å². The Morgan fingerprint density at radius 3 is 2.43 bits per heavy atom. The Balaban J connectivity index is 1.52. The number of carbonyl (C=O) groups excluding carboxylic acids is 2. The van der Waals surface area contributed by atoms with Crippen LogP contribution in [-0.4, -0.2) is 31.1 Å². The molecule has 3 amide bonds. The smallest absolute Gasteiger partial charge is 0.323 e. The van der Waals surface area contributed by atoms with E-state index in [-0.39, 0.29) is 18.0 Å². The van der Waals surface area contributed by atoms with Gasteiger partial charge in [-0.25, -0.2) is 4.79 Å². The van der Waals surface area contributed by atoms with Crippen LogP contribution in [0.3, 0.4) is 0 Å². The molecule has 30 heavy (non-hydrogen) atoms. The van der Waals surface area contributed by atoms with Gasteiger partial charge in [0.1, 0.15) is 0 Å². The van der Waals surface area contributed by atoms with Crippen LogP contribution in [0.4, 0.5) is 21.9 Å². The third-order valence-corrected chi connectivity index (χ3v) is 6.35. The summed E-state index contributed by atoms with van der Waals surface area (Å²) in [5.74, 6) is 0.646. The van der Waals surface area contributed by atoms with Crippen molar-refractivity contribution < 1.29 is 9.59 Å². The number of benzene rings is 2. The molecule has 6 nitrogen and oxygen atoms in total. The van der Waals surface area contributed by atoms with Crippen molar-refractivity contribution >= 4 is 44.9 Å². The van der Waals surface area contributed by atoms with Crippen molar-refractivity contribution in [2.45, 2.75) is 38.6 Å². The number of amides is 3. The summed E-state index contributed by atoms with van der Waals surface area (Å²) in [7, 11) is 0. The fraction of sp³-hybridized carbons (Fsp3) is 0.391. The summed E-state index contributed by atoms with van der Waals surface area (Å²) in [6.07, 6.45) is 4.32. The fourth-order valence-corrected chi connectivity index (χ4v) is 4.04. The van der Waals surface area contributed by atoms with Crippen LogP contribution in [0.15, 0.2) is 46.9 Å². The number of rotatable bonds is 5. The predicted octanol–water partition coefficient (Wildman–Crippen LogP) is 5.22. The average molecular weight is 471 g/mol. The van der Waals surface area contributed by atoms with Crippen molar-refractivity contribution in [1.82, 2.24) is 5.32 Å². The maximum atomic E-state index is 12.9. The molecular formula is C23H27BrN4O2. The second-order valence-electron chi connectivity index (χ2n) is 8.21. The second-order valence-corrected chi connectivity index (χ2v) is 9.06. The number of para-hydroxylation sites is 1. The van der Waals surface area contributed by atoms with Crippen LogP contribution >= 0.6 is 15.9 Å². The van der Waals surface area contributed by atoms with E-state index in [1.54, 1.807) is 6.07 Å². The number of nitrogens with one attached hydrogen (secondary N) is 3. The highest BCUT2D eigenvalue weighted by Gasteiger charge is 2.27. The lowest BCUT2D eigenvalue weighted by atomic mass is 9.98. The van der Waals surface area contributed by atoms with Crippen LogP contribution in [0, 0.1) is 5.92 Å². The van der Waals surface area contributed by atoms with Crippen LogP contribution in [0.2, 0.25) is 0 Å². The molecule has 0 aromatic heterocycles. The van der Waals surface area contributed by atoms with Crippen molar-refractivity contribution in [3.8, 4) is 0 Å². The molecule has 1 saturated heterocycles. The molecule has 1 heterocycles. The molecule has 2 aromatic carbocycles. The second kappa shape index (κ2) is 9.08. The molecule has 158 valence electrons. The Bertz CT molecular complexity index is 937. The largest absolute Gasteiger partial charge is 0.371 e. The molecule has 0 unspecified atom stereocenters. The lowest BCUT2D eigenvalue weighted by molar-refractivity contribution is 0.0951. The van der Waals surface area contributed by atoms with Crippen LogP contribution in [0.5, 0.6) is 0 Å². The van der Waals surface area contributed by atoms with Crippen molar-refractivity contribution in [2.24, 2.45) is 5.92 Å². The van der Waals surface area contributed by atoms with Gasteiger partial charge >= 0.3 is 6.03 Å². The highest BCUT2D eigenvalue weighted by molar-refractivity contribution is 9.10. The first-order valence-electron chi connectivity index (χ1n) is 10.5. The molecule has 1 aliphatic carbocycles. The number of anilines is 3. The SMILES string of the molecule is CC1CCN(c2ccc(NC(=O)Nc3ccccc3Br)cc2C(=O)NC2CC2)CC1. The van der Waals surface area contributed by atoms with Crippen LogP contribution in [0.25, 0.3) is 0 Å². The first-order valence-corrected chi connectivity index (χ1v) is 11.3. The van der Waals surface area contributed by atoms with Gasteiger partial charge < -0.3 is 20.9 Å². The Morgan fingerprint density at radius 1 is 1.00 bits per heavy atom. The van der Waals surface area contributed by atoms with E-state index in [0.717, 1.165) is 48.9 Å². The molecule has 2 aromatic rings. The molecule has 2 aliphatic rings. The Labute approximate surface area is 185 Å². The zero-order chi connectivity index (χ0) is 21.1. The van der Waals surface area contributed by atoms with E-state index >= 15 is 0 Å². The molecule has 3 N–H and O–H groups in total.